The van der Waals surface area contributed by atoms with Crippen LogP contribution in [0.4, 0.5) is 11.4 Å². The highest BCUT2D eigenvalue weighted by atomic mass is 32.2. The summed E-state index contributed by atoms with van der Waals surface area (Å²) in [6, 6.07) is 22.1. The number of carbonyl (C=O) groups excluding carboxylic acids is 1. The summed E-state index contributed by atoms with van der Waals surface area (Å²) in [5.41, 5.74) is 1.37. The van der Waals surface area contributed by atoms with Gasteiger partial charge in [0.15, 0.2) is 5.76 Å². The molecule has 0 bridgehead atoms. The Morgan fingerprint density at radius 3 is 2.41 bits per heavy atom. The fourth-order valence-electron chi connectivity index (χ4n) is 3.44. The van der Waals surface area contributed by atoms with E-state index in [2.05, 4.69) is 5.32 Å². The van der Waals surface area contributed by atoms with Crippen LogP contribution in [0.2, 0.25) is 0 Å². The lowest BCUT2D eigenvalue weighted by Crippen LogP contribution is -2.30. The predicted molar refractivity (Wildman–Crippen MR) is 124 cm³/mol. The molecule has 1 N–H and O–H groups in total. The van der Waals surface area contributed by atoms with Crippen molar-refractivity contribution >= 4 is 38.3 Å². The molecule has 0 spiro atoms. The van der Waals surface area contributed by atoms with E-state index in [4.69, 9.17) is 9.15 Å². The minimum absolute atomic E-state index is 0.0314. The van der Waals surface area contributed by atoms with Crippen LogP contribution >= 0.6 is 0 Å². The van der Waals surface area contributed by atoms with E-state index in [1.807, 2.05) is 24.3 Å². The van der Waals surface area contributed by atoms with Crippen LogP contribution in [0.25, 0.3) is 11.0 Å². The smallest absolute Gasteiger partial charge is 0.291 e. The first-order chi connectivity index (χ1) is 15.4. The van der Waals surface area contributed by atoms with Crippen LogP contribution in [0.1, 0.15) is 17.5 Å². The zero-order valence-corrected chi connectivity index (χ0v) is 18.4. The van der Waals surface area contributed by atoms with Gasteiger partial charge in [-0.1, -0.05) is 36.4 Å². The lowest BCUT2D eigenvalue weighted by molar-refractivity contribution is 0.0998. The Morgan fingerprint density at radius 1 is 1.00 bits per heavy atom. The van der Waals surface area contributed by atoms with Gasteiger partial charge in [-0.2, -0.15) is 0 Å². The lowest BCUT2D eigenvalue weighted by Gasteiger charge is -2.23. The first-order valence-electron chi connectivity index (χ1n) is 10.00. The molecule has 0 aliphatic carbocycles. The zero-order chi connectivity index (χ0) is 22.7. The number of carbonyl (C=O) groups is 1. The van der Waals surface area contributed by atoms with Gasteiger partial charge in [-0.05, 0) is 49.4 Å². The standard InChI is InChI=1S/C24H22N2O5S/c1-3-26(18-10-5-4-6-11-18)32(28,29)19-13-14-22(30-2)20(16-19)25-24(27)23-15-17-9-7-8-12-21(17)31-23/h4-16H,3H2,1-2H3,(H,25,27). The van der Waals surface area contributed by atoms with Gasteiger partial charge in [-0.15, -0.1) is 0 Å². The highest BCUT2D eigenvalue weighted by Crippen LogP contribution is 2.31. The number of anilines is 2. The van der Waals surface area contributed by atoms with Crippen molar-refractivity contribution in [1.82, 2.24) is 0 Å². The number of benzene rings is 3. The van der Waals surface area contributed by atoms with Crippen molar-refractivity contribution in [2.24, 2.45) is 0 Å². The summed E-state index contributed by atoms with van der Waals surface area (Å²) in [4.78, 5) is 12.8. The molecular formula is C24H22N2O5S. The predicted octanol–water partition coefficient (Wildman–Crippen LogP) is 4.91. The van der Waals surface area contributed by atoms with Crippen LogP contribution in [0.15, 0.2) is 88.2 Å². The van der Waals surface area contributed by atoms with E-state index in [9.17, 15) is 13.2 Å². The molecule has 0 aliphatic rings. The average Bonchev–Trinajstić information content (AvgIpc) is 3.24. The SMILES string of the molecule is CCN(c1ccccc1)S(=O)(=O)c1ccc(OC)c(NC(=O)c2cc3ccccc3o2)c1. The maximum atomic E-state index is 13.3. The number of furan rings is 1. The van der Waals surface area contributed by atoms with Gasteiger partial charge in [0, 0.05) is 11.9 Å². The molecule has 32 heavy (non-hydrogen) atoms. The van der Waals surface area contributed by atoms with Crippen molar-refractivity contribution in [3.8, 4) is 5.75 Å². The number of fused-ring (bicyclic) bond motifs is 1. The minimum atomic E-state index is -3.87. The summed E-state index contributed by atoms with van der Waals surface area (Å²) < 4.78 is 38.9. The number of rotatable bonds is 7. The molecule has 1 aromatic heterocycles. The van der Waals surface area contributed by atoms with Crippen LogP contribution in [0, 0.1) is 0 Å². The number of sulfonamides is 1. The molecule has 0 atom stereocenters. The zero-order valence-electron chi connectivity index (χ0n) is 17.6. The van der Waals surface area contributed by atoms with Crippen LogP contribution in [-0.4, -0.2) is 28.0 Å². The molecule has 7 nitrogen and oxygen atoms in total. The molecule has 0 aliphatic heterocycles. The number of nitrogens with zero attached hydrogens (tertiary/aromatic N) is 1. The first-order valence-corrected chi connectivity index (χ1v) is 11.4. The molecule has 0 saturated carbocycles. The second-order valence-electron chi connectivity index (χ2n) is 6.97. The Hall–Kier alpha value is -3.78. The first kappa shape index (κ1) is 21.5. The largest absolute Gasteiger partial charge is 0.495 e. The van der Waals surface area contributed by atoms with E-state index in [-0.39, 0.29) is 22.9 Å². The highest BCUT2D eigenvalue weighted by Gasteiger charge is 2.25. The summed E-state index contributed by atoms with van der Waals surface area (Å²) in [5, 5.41) is 3.50. The van der Waals surface area contributed by atoms with E-state index in [1.165, 1.54) is 29.6 Å². The Labute approximate surface area is 186 Å². The third kappa shape index (κ3) is 4.04. The fourth-order valence-corrected chi connectivity index (χ4v) is 4.94. The molecule has 1 heterocycles. The highest BCUT2D eigenvalue weighted by molar-refractivity contribution is 7.92. The molecule has 0 fully saturated rings. The maximum absolute atomic E-state index is 13.3. The monoisotopic (exact) mass is 450 g/mol. The number of methoxy groups -OCH3 is 1. The summed E-state index contributed by atoms with van der Waals surface area (Å²) in [5.74, 6) is -0.0680. The Kier molecular flexibility index (Phi) is 5.87. The van der Waals surface area contributed by atoms with Gasteiger partial charge in [-0.25, -0.2) is 8.42 Å². The van der Waals surface area contributed by atoms with Crippen molar-refractivity contribution in [1.29, 1.82) is 0 Å². The van der Waals surface area contributed by atoms with Gasteiger partial charge in [0.05, 0.1) is 23.4 Å². The Balaban J connectivity index is 1.68. The number of nitrogens with one attached hydrogen (secondary N) is 1. The molecule has 164 valence electrons. The molecule has 0 unspecified atom stereocenters. The topological polar surface area (TPSA) is 88.9 Å². The van der Waals surface area contributed by atoms with E-state index < -0.39 is 15.9 Å². The second kappa shape index (κ2) is 8.76. The quantitative estimate of drug-likeness (QED) is 0.432. The normalized spacial score (nSPS) is 11.3. The molecule has 4 rings (SSSR count). The van der Waals surface area contributed by atoms with Gasteiger partial charge in [-0.3, -0.25) is 9.10 Å². The molecule has 4 aromatic rings. The van der Waals surface area contributed by atoms with Crippen molar-refractivity contribution in [3.63, 3.8) is 0 Å². The molecule has 1 amide bonds. The van der Waals surface area contributed by atoms with Crippen molar-refractivity contribution in [2.75, 3.05) is 23.3 Å². The number of amides is 1. The third-order valence-electron chi connectivity index (χ3n) is 4.99. The summed E-state index contributed by atoms with van der Waals surface area (Å²) in [6.45, 7) is 2.01. The number of para-hydroxylation sites is 2. The van der Waals surface area contributed by atoms with E-state index in [0.29, 0.717) is 17.0 Å². The van der Waals surface area contributed by atoms with Gasteiger partial charge in [0.25, 0.3) is 15.9 Å². The Bertz CT molecular complexity index is 1330. The lowest BCUT2D eigenvalue weighted by atomic mass is 10.2. The van der Waals surface area contributed by atoms with E-state index in [0.717, 1.165) is 5.39 Å². The van der Waals surface area contributed by atoms with Crippen LogP contribution < -0.4 is 14.4 Å². The van der Waals surface area contributed by atoms with Gasteiger partial charge >= 0.3 is 0 Å². The van der Waals surface area contributed by atoms with Crippen molar-refractivity contribution in [2.45, 2.75) is 11.8 Å². The molecule has 8 heteroatoms. The van der Waals surface area contributed by atoms with Gasteiger partial charge < -0.3 is 14.5 Å². The van der Waals surface area contributed by atoms with Crippen molar-refractivity contribution < 1.29 is 22.4 Å². The van der Waals surface area contributed by atoms with E-state index in [1.54, 1.807) is 43.3 Å². The summed E-state index contributed by atoms with van der Waals surface area (Å²) in [6.07, 6.45) is 0. The Morgan fingerprint density at radius 2 is 1.72 bits per heavy atom. The maximum Gasteiger partial charge on any atom is 0.291 e. The van der Waals surface area contributed by atoms with E-state index >= 15 is 0 Å². The third-order valence-corrected chi connectivity index (χ3v) is 6.89. The average molecular weight is 451 g/mol. The molecule has 0 saturated heterocycles. The molecule has 3 aromatic carbocycles. The number of hydrogen-bond donors (Lipinski definition) is 1. The van der Waals surface area contributed by atoms with Crippen LogP contribution in [0.5, 0.6) is 5.75 Å². The molecular weight excluding hydrogens is 428 g/mol. The van der Waals surface area contributed by atoms with Crippen LogP contribution in [-0.2, 0) is 10.0 Å². The van der Waals surface area contributed by atoms with Gasteiger partial charge in [0.2, 0.25) is 0 Å². The number of hydrogen-bond acceptors (Lipinski definition) is 5. The summed E-state index contributed by atoms with van der Waals surface area (Å²) >= 11 is 0. The summed E-state index contributed by atoms with van der Waals surface area (Å²) in [7, 11) is -2.42. The van der Waals surface area contributed by atoms with Crippen LogP contribution in [0.3, 0.4) is 0 Å². The molecule has 0 radical (unpaired) electrons. The van der Waals surface area contributed by atoms with Gasteiger partial charge in [0.1, 0.15) is 11.3 Å². The minimum Gasteiger partial charge on any atom is -0.495 e. The second-order valence-corrected chi connectivity index (χ2v) is 8.83. The van der Waals surface area contributed by atoms with Crippen molar-refractivity contribution in [3.05, 3.63) is 84.6 Å². The fraction of sp³-hybridized carbons (Fsp3) is 0.125. The number of ether oxygens (including phenoxy) is 1.